The Morgan fingerprint density at radius 1 is 1.29 bits per heavy atom. The molecule has 0 unspecified atom stereocenters. The van der Waals surface area contributed by atoms with Crippen molar-refractivity contribution in [1.82, 2.24) is 5.32 Å². The van der Waals surface area contributed by atoms with Crippen LogP contribution in [0.15, 0.2) is 29.3 Å². The number of nitrogens with two attached hydrogens (primary N) is 1. The van der Waals surface area contributed by atoms with Gasteiger partial charge in [0.1, 0.15) is 0 Å². The van der Waals surface area contributed by atoms with Crippen LogP contribution in [0.3, 0.4) is 0 Å². The molecule has 1 aromatic carbocycles. The highest BCUT2D eigenvalue weighted by molar-refractivity contribution is 6.30. The van der Waals surface area contributed by atoms with Crippen LogP contribution in [0.4, 0.5) is 5.69 Å². The summed E-state index contributed by atoms with van der Waals surface area (Å²) in [6, 6.07) is 7.02. The lowest BCUT2D eigenvalue weighted by Gasteiger charge is -2.05. The molecule has 0 aliphatic heterocycles. The van der Waals surface area contributed by atoms with Gasteiger partial charge in [-0.1, -0.05) is 24.9 Å². The fourth-order valence-corrected chi connectivity index (χ4v) is 1.77. The van der Waals surface area contributed by atoms with E-state index < -0.39 is 0 Å². The first-order chi connectivity index (χ1) is 10.1. The summed E-state index contributed by atoms with van der Waals surface area (Å²) in [6.45, 7) is 3.50. The maximum absolute atomic E-state index is 11.7. The Balaban J connectivity index is 2.18. The van der Waals surface area contributed by atoms with E-state index in [1.54, 1.807) is 24.3 Å². The van der Waals surface area contributed by atoms with Gasteiger partial charge in [-0.25, -0.2) is 0 Å². The molecule has 0 radical (unpaired) electrons. The van der Waals surface area contributed by atoms with Crippen LogP contribution in [-0.4, -0.2) is 25.0 Å². The van der Waals surface area contributed by atoms with E-state index >= 15 is 0 Å². The molecule has 0 saturated carbocycles. The van der Waals surface area contributed by atoms with Gasteiger partial charge in [0.05, 0.1) is 0 Å². The van der Waals surface area contributed by atoms with E-state index in [4.69, 9.17) is 17.3 Å². The summed E-state index contributed by atoms with van der Waals surface area (Å²) in [6.07, 6.45) is 3.26. The van der Waals surface area contributed by atoms with E-state index in [9.17, 15) is 4.79 Å². The lowest BCUT2D eigenvalue weighted by atomic mass is 10.2. The zero-order chi connectivity index (χ0) is 15.5. The summed E-state index contributed by atoms with van der Waals surface area (Å²) in [4.78, 5) is 15.9. The van der Waals surface area contributed by atoms with Crippen LogP contribution in [0.1, 0.15) is 32.6 Å². The van der Waals surface area contributed by atoms with Gasteiger partial charge >= 0.3 is 0 Å². The predicted molar refractivity (Wildman–Crippen MR) is 88.7 cm³/mol. The number of hydrogen-bond acceptors (Lipinski definition) is 2. The van der Waals surface area contributed by atoms with Crippen molar-refractivity contribution >= 4 is 29.2 Å². The molecule has 0 heterocycles. The number of amides is 1. The Labute approximate surface area is 131 Å². The van der Waals surface area contributed by atoms with Crippen LogP contribution in [0, 0.1) is 0 Å². The van der Waals surface area contributed by atoms with Gasteiger partial charge in [-0.15, -0.1) is 0 Å². The fourth-order valence-electron chi connectivity index (χ4n) is 1.64. The van der Waals surface area contributed by atoms with Gasteiger partial charge in [0, 0.05) is 30.2 Å². The van der Waals surface area contributed by atoms with Crippen molar-refractivity contribution < 1.29 is 4.79 Å². The highest BCUT2D eigenvalue weighted by Crippen LogP contribution is 2.13. The average Bonchev–Trinajstić information content (AvgIpc) is 2.46. The van der Waals surface area contributed by atoms with Gasteiger partial charge in [0.15, 0.2) is 5.96 Å². The van der Waals surface area contributed by atoms with Crippen molar-refractivity contribution in [1.29, 1.82) is 0 Å². The van der Waals surface area contributed by atoms with Crippen LogP contribution in [-0.2, 0) is 4.79 Å². The number of unbranched alkanes of at least 4 members (excludes halogenated alkanes) is 1. The first-order valence-corrected chi connectivity index (χ1v) is 7.59. The van der Waals surface area contributed by atoms with Gasteiger partial charge in [-0.2, -0.15) is 0 Å². The normalized spacial score (nSPS) is 11.2. The van der Waals surface area contributed by atoms with E-state index in [0.717, 1.165) is 25.1 Å². The topological polar surface area (TPSA) is 79.5 Å². The Kier molecular flexibility index (Phi) is 8.28. The number of anilines is 1. The third-order valence-electron chi connectivity index (χ3n) is 2.81. The smallest absolute Gasteiger partial charge is 0.224 e. The molecule has 21 heavy (non-hydrogen) atoms. The lowest BCUT2D eigenvalue weighted by Crippen LogP contribution is -2.32. The molecular weight excluding hydrogens is 288 g/mol. The average molecular weight is 311 g/mol. The summed E-state index contributed by atoms with van der Waals surface area (Å²) in [5, 5.41) is 6.48. The molecule has 0 bridgehead atoms. The number of nitrogens with one attached hydrogen (secondary N) is 2. The number of guanidine groups is 1. The molecule has 6 heteroatoms. The summed E-state index contributed by atoms with van der Waals surface area (Å²) in [7, 11) is 0. The molecule has 0 spiro atoms. The standard InChI is InChI=1S/C15H23ClN4O/c1-2-3-10-18-15(17)19-11-4-5-14(21)20-13-8-6-12(16)7-9-13/h6-9H,2-5,10-11H2,1H3,(H,20,21)(H3,17,18,19). The second-order valence-electron chi connectivity index (χ2n) is 4.71. The van der Waals surface area contributed by atoms with Crippen LogP contribution in [0.5, 0.6) is 0 Å². The number of carbonyl (C=O) groups excluding carboxylic acids is 1. The van der Waals surface area contributed by atoms with Crippen molar-refractivity contribution in [2.75, 3.05) is 18.4 Å². The highest BCUT2D eigenvalue weighted by atomic mass is 35.5. The number of hydrogen-bond donors (Lipinski definition) is 3. The zero-order valence-corrected chi connectivity index (χ0v) is 13.1. The van der Waals surface area contributed by atoms with Gasteiger partial charge in [0.25, 0.3) is 0 Å². The minimum Gasteiger partial charge on any atom is -0.370 e. The molecule has 1 amide bonds. The molecule has 0 aliphatic rings. The minimum absolute atomic E-state index is 0.0370. The molecule has 0 atom stereocenters. The second kappa shape index (κ2) is 10.0. The van der Waals surface area contributed by atoms with Gasteiger partial charge in [-0.3, -0.25) is 9.79 Å². The lowest BCUT2D eigenvalue weighted by molar-refractivity contribution is -0.116. The molecule has 0 aliphatic carbocycles. The molecular formula is C15H23ClN4O. The monoisotopic (exact) mass is 310 g/mol. The minimum atomic E-state index is -0.0370. The van der Waals surface area contributed by atoms with Crippen LogP contribution >= 0.6 is 11.6 Å². The van der Waals surface area contributed by atoms with Gasteiger partial charge in [0.2, 0.25) is 5.91 Å². The first-order valence-electron chi connectivity index (χ1n) is 7.21. The van der Waals surface area contributed by atoms with Crippen LogP contribution in [0.2, 0.25) is 5.02 Å². The molecule has 5 nitrogen and oxygen atoms in total. The second-order valence-corrected chi connectivity index (χ2v) is 5.14. The van der Waals surface area contributed by atoms with Crippen LogP contribution in [0.25, 0.3) is 0 Å². The van der Waals surface area contributed by atoms with E-state index in [-0.39, 0.29) is 5.91 Å². The quantitative estimate of drug-likeness (QED) is 0.392. The maximum atomic E-state index is 11.7. The number of benzene rings is 1. The van der Waals surface area contributed by atoms with E-state index in [1.165, 1.54) is 0 Å². The van der Waals surface area contributed by atoms with Crippen molar-refractivity contribution in [2.45, 2.75) is 32.6 Å². The van der Waals surface area contributed by atoms with E-state index in [1.807, 2.05) is 0 Å². The van der Waals surface area contributed by atoms with Crippen molar-refractivity contribution in [3.05, 3.63) is 29.3 Å². The third-order valence-corrected chi connectivity index (χ3v) is 3.06. The summed E-state index contributed by atoms with van der Waals surface area (Å²) >= 11 is 5.78. The van der Waals surface area contributed by atoms with Gasteiger partial charge in [-0.05, 0) is 37.1 Å². The summed E-state index contributed by atoms with van der Waals surface area (Å²) in [5.41, 5.74) is 6.44. The molecule has 0 saturated heterocycles. The number of halogens is 1. The summed E-state index contributed by atoms with van der Waals surface area (Å²) in [5.74, 6) is 0.409. The molecule has 0 fully saturated rings. The Hall–Kier alpha value is -1.75. The van der Waals surface area contributed by atoms with Crippen LogP contribution < -0.4 is 16.4 Å². The number of nitrogens with zero attached hydrogens (tertiary/aromatic N) is 1. The molecule has 1 aromatic rings. The molecule has 0 aromatic heterocycles. The summed E-state index contributed by atoms with van der Waals surface area (Å²) < 4.78 is 0. The van der Waals surface area contributed by atoms with Crippen molar-refractivity contribution in [3.8, 4) is 0 Å². The van der Waals surface area contributed by atoms with E-state index in [0.29, 0.717) is 30.4 Å². The molecule has 1 rings (SSSR count). The Morgan fingerprint density at radius 2 is 2.00 bits per heavy atom. The molecule has 116 valence electrons. The maximum Gasteiger partial charge on any atom is 0.224 e. The first kappa shape index (κ1) is 17.3. The van der Waals surface area contributed by atoms with E-state index in [2.05, 4.69) is 22.5 Å². The molecule has 4 N–H and O–H groups in total. The number of rotatable bonds is 8. The number of aliphatic imine (C=N–C) groups is 1. The van der Waals surface area contributed by atoms with Crippen molar-refractivity contribution in [2.24, 2.45) is 10.7 Å². The predicted octanol–water partition coefficient (Wildman–Crippen LogP) is 2.76. The fraction of sp³-hybridized carbons (Fsp3) is 0.467. The Morgan fingerprint density at radius 3 is 2.67 bits per heavy atom. The number of carbonyl (C=O) groups is 1. The zero-order valence-electron chi connectivity index (χ0n) is 12.4. The van der Waals surface area contributed by atoms with Gasteiger partial charge < -0.3 is 16.4 Å². The Bertz CT molecular complexity index is 459. The van der Waals surface area contributed by atoms with Crippen molar-refractivity contribution in [3.63, 3.8) is 0 Å². The third kappa shape index (κ3) is 8.19. The SMILES string of the molecule is CCCCNC(N)=NCCCC(=O)Nc1ccc(Cl)cc1. The highest BCUT2D eigenvalue weighted by Gasteiger charge is 2.02. The largest absolute Gasteiger partial charge is 0.370 e.